The van der Waals surface area contributed by atoms with Gasteiger partial charge in [-0.05, 0) is 36.6 Å². The van der Waals surface area contributed by atoms with Gasteiger partial charge in [-0.15, -0.1) is 0 Å². The fourth-order valence-electron chi connectivity index (χ4n) is 2.93. The summed E-state index contributed by atoms with van der Waals surface area (Å²) >= 11 is 0. The molecule has 0 saturated carbocycles. The van der Waals surface area contributed by atoms with Crippen molar-refractivity contribution in [3.63, 3.8) is 0 Å². The first-order valence-corrected chi connectivity index (χ1v) is 7.81. The number of ether oxygens (including phenoxy) is 2. The Labute approximate surface area is 131 Å². The Balaban J connectivity index is 1.68. The summed E-state index contributed by atoms with van der Waals surface area (Å²) in [4.78, 5) is 2.41. The van der Waals surface area contributed by atoms with Crippen molar-refractivity contribution in [2.24, 2.45) is 0 Å². The zero-order valence-electron chi connectivity index (χ0n) is 13.0. The minimum Gasteiger partial charge on any atom is -0.497 e. The molecule has 1 aliphatic heterocycles. The van der Waals surface area contributed by atoms with Gasteiger partial charge in [0, 0.05) is 31.8 Å². The van der Waals surface area contributed by atoms with Gasteiger partial charge in [0.15, 0.2) is 0 Å². The molecule has 1 aliphatic rings. The minimum atomic E-state index is 0.345. The van der Waals surface area contributed by atoms with Gasteiger partial charge < -0.3 is 13.9 Å². The van der Waals surface area contributed by atoms with E-state index >= 15 is 0 Å². The molecule has 22 heavy (non-hydrogen) atoms. The highest BCUT2D eigenvalue weighted by Gasteiger charge is 2.20. The number of rotatable bonds is 7. The van der Waals surface area contributed by atoms with Crippen molar-refractivity contribution in [2.45, 2.75) is 32.0 Å². The molecule has 0 amide bonds. The van der Waals surface area contributed by atoms with Crippen LogP contribution in [0.1, 0.15) is 24.0 Å². The second-order valence-electron chi connectivity index (χ2n) is 5.79. The van der Waals surface area contributed by atoms with Gasteiger partial charge in [-0.25, -0.2) is 0 Å². The second-order valence-corrected chi connectivity index (χ2v) is 5.79. The molecule has 0 aliphatic carbocycles. The van der Waals surface area contributed by atoms with Gasteiger partial charge >= 0.3 is 0 Å². The summed E-state index contributed by atoms with van der Waals surface area (Å²) in [5, 5.41) is 0. The number of benzene rings is 1. The van der Waals surface area contributed by atoms with Gasteiger partial charge in [-0.2, -0.15) is 0 Å². The lowest BCUT2D eigenvalue weighted by Crippen LogP contribution is -2.31. The third-order valence-corrected chi connectivity index (χ3v) is 4.01. The maximum Gasteiger partial charge on any atom is 0.119 e. The summed E-state index contributed by atoms with van der Waals surface area (Å²) in [5.74, 6) is 0.901. The zero-order chi connectivity index (χ0) is 15.2. The van der Waals surface area contributed by atoms with Crippen LogP contribution in [0.5, 0.6) is 5.75 Å². The Kier molecular flexibility index (Phi) is 5.14. The van der Waals surface area contributed by atoms with E-state index in [0.29, 0.717) is 6.10 Å². The summed E-state index contributed by atoms with van der Waals surface area (Å²) in [6.07, 6.45) is 6.21. The SMILES string of the molecule is COc1cccc(CN(Cc2ccoc2)CC2CCCO2)c1. The summed E-state index contributed by atoms with van der Waals surface area (Å²) in [6, 6.07) is 10.3. The van der Waals surface area contributed by atoms with E-state index in [1.807, 2.05) is 24.5 Å². The molecule has 1 aromatic carbocycles. The van der Waals surface area contributed by atoms with Gasteiger partial charge in [0.1, 0.15) is 5.75 Å². The molecule has 1 aromatic heterocycles. The fourth-order valence-corrected chi connectivity index (χ4v) is 2.93. The van der Waals surface area contributed by atoms with Crippen LogP contribution in [0.2, 0.25) is 0 Å². The van der Waals surface area contributed by atoms with Crippen molar-refractivity contribution in [1.29, 1.82) is 0 Å². The molecule has 1 unspecified atom stereocenters. The van der Waals surface area contributed by atoms with Crippen LogP contribution in [-0.2, 0) is 17.8 Å². The number of methoxy groups -OCH3 is 1. The Bertz CT molecular complexity index is 561. The van der Waals surface area contributed by atoms with Crippen LogP contribution < -0.4 is 4.74 Å². The molecule has 4 heteroatoms. The monoisotopic (exact) mass is 301 g/mol. The Morgan fingerprint density at radius 1 is 1.23 bits per heavy atom. The van der Waals surface area contributed by atoms with E-state index in [4.69, 9.17) is 13.9 Å². The fraction of sp³-hybridized carbons (Fsp3) is 0.444. The molecule has 118 valence electrons. The van der Waals surface area contributed by atoms with Gasteiger partial charge in [-0.3, -0.25) is 4.90 Å². The number of hydrogen-bond acceptors (Lipinski definition) is 4. The van der Waals surface area contributed by atoms with Crippen molar-refractivity contribution in [3.05, 3.63) is 54.0 Å². The van der Waals surface area contributed by atoms with E-state index < -0.39 is 0 Å². The van der Waals surface area contributed by atoms with Crippen molar-refractivity contribution in [1.82, 2.24) is 4.90 Å². The predicted molar refractivity (Wildman–Crippen MR) is 84.8 cm³/mol. The normalized spacial score (nSPS) is 18.0. The largest absolute Gasteiger partial charge is 0.497 e. The average molecular weight is 301 g/mol. The quantitative estimate of drug-likeness (QED) is 0.784. The maximum absolute atomic E-state index is 5.80. The van der Waals surface area contributed by atoms with Crippen LogP contribution in [0, 0.1) is 0 Å². The topological polar surface area (TPSA) is 34.8 Å². The highest BCUT2D eigenvalue weighted by Crippen LogP contribution is 2.19. The van der Waals surface area contributed by atoms with E-state index in [2.05, 4.69) is 17.0 Å². The highest BCUT2D eigenvalue weighted by molar-refractivity contribution is 5.28. The molecule has 1 fully saturated rings. The molecule has 0 spiro atoms. The van der Waals surface area contributed by atoms with Crippen molar-refractivity contribution in [2.75, 3.05) is 20.3 Å². The molecule has 4 nitrogen and oxygen atoms in total. The molecule has 3 rings (SSSR count). The summed E-state index contributed by atoms with van der Waals surface area (Å²) in [7, 11) is 1.70. The highest BCUT2D eigenvalue weighted by atomic mass is 16.5. The van der Waals surface area contributed by atoms with Crippen LogP contribution in [0.25, 0.3) is 0 Å². The van der Waals surface area contributed by atoms with Gasteiger partial charge in [0.2, 0.25) is 0 Å². The molecule has 1 saturated heterocycles. The van der Waals surface area contributed by atoms with Crippen LogP contribution >= 0.6 is 0 Å². The van der Waals surface area contributed by atoms with E-state index in [0.717, 1.165) is 38.4 Å². The molecular weight excluding hydrogens is 278 g/mol. The van der Waals surface area contributed by atoms with Crippen LogP contribution in [0.4, 0.5) is 0 Å². The lowest BCUT2D eigenvalue weighted by Gasteiger charge is -2.25. The lowest BCUT2D eigenvalue weighted by atomic mass is 10.1. The van der Waals surface area contributed by atoms with Crippen LogP contribution in [0.3, 0.4) is 0 Å². The van der Waals surface area contributed by atoms with Crippen molar-refractivity contribution >= 4 is 0 Å². The number of hydrogen-bond donors (Lipinski definition) is 0. The van der Waals surface area contributed by atoms with E-state index in [-0.39, 0.29) is 0 Å². The van der Waals surface area contributed by atoms with Crippen LogP contribution in [-0.4, -0.2) is 31.3 Å². The van der Waals surface area contributed by atoms with Crippen molar-refractivity contribution in [3.8, 4) is 5.75 Å². The van der Waals surface area contributed by atoms with E-state index in [1.165, 1.54) is 17.5 Å². The average Bonchev–Trinajstić information content (AvgIpc) is 3.21. The Morgan fingerprint density at radius 2 is 2.14 bits per heavy atom. The first kappa shape index (κ1) is 15.1. The first-order chi connectivity index (χ1) is 10.8. The molecular formula is C18H23NO3. The Morgan fingerprint density at radius 3 is 2.86 bits per heavy atom. The van der Waals surface area contributed by atoms with Gasteiger partial charge in [-0.1, -0.05) is 12.1 Å². The van der Waals surface area contributed by atoms with Crippen LogP contribution in [0.15, 0.2) is 47.3 Å². The minimum absolute atomic E-state index is 0.345. The third kappa shape index (κ3) is 4.12. The smallest absolute Gasteiger partial charge is 0.119 e. The van der Waals surface area contributed by atoms with Gasteiger partial charge in [0.25, 0.3) is 0 Å². The summed E-state index contributed by atoms with van der Waals surface area (Å²) < 4.78 is 16.3. The molecule has 2 heterocycles. The first-order valence-electron chi connectivity index (χ1n) is 7.81. The van der Waals surface area contributed by atoms with Gasteiger partial charge in [0.05, 0.1) is 25.7 Å². The predicted octanol–water partition coefficient (Wildman–Crippen LogP) is 3.47. The number of furan rings is 1. The Hall–Kier alpha value is -1.78. The number of nitrogens with zero attached hydrogens (tertiary/aromatic N) is 1. The second kappa shape index (κ2) is 7.47. The molecule has 2 aromatic rings. The van der Waals surface area contributed by atoms with E-state index in [1.54, 1.807) is 13.4 Å². The molecule has 0 bridgehead atoms. The third-order valence-electron chi connectivity index (χ3n) is 4.01. The summed E-state index contributed by atoms with van der Waals surface area (Å²) in [6.45, 7) is 3.58. The molecule has 0 radical (unpaired) electrons. The standard InChI is InChI=1S/C18H23NO3/c1-20-17-5-2-4-15(10-17)11-19(12-16-7-9-21-14-16)13-18-6-3-8-22-18/h2,4-5,7,9-10,14,18H,3,6,8,11-13H2,1H3. The molecule has 1 atom stereocenters. The lowest BCUT2D eigenvalue weighted by molar-refractivity contribution is 0.0678. The van der Waals surface area contributed by atoms with Crippen molar-refractivity contribution < 1.29 is 13.9 Å². The zero-order valence-corrected chi connectivity index (χ0v) is 13.0. The van der Waals surface area contributed by atoms with E-state index in [9.17, 15) is 0 Å². The molecule has 0 N–H and O–H groups in total. The summed E-state index contributed by atoms with van der Waals surface area (Å²) in [5.41, 5.74) is 2.45. The maximum atomic E-state index is 5.80.